The fourth-order valence-corrected chi connectivity index (χ4v) is 6.35. The predicted molar refractivity (Wildman–Crippen MR) is 192 cm³/mol. The number of aliphatic carboxylic acids is 4. The first-order chi connectivity index (χ1) is 25.6. The molecule has 16 nitrogen and oxygen atoms in total. The van der Waals surface area contributed by atoms with Gasteiger partial charge in [-0.1, -0.05) is 29.3 Å². The van der Waals surface area contributed by atoms with Crippen molar-refractivity contribution in [2.75, 3.05) is 56.3 Å². The van der Waals surface area contributed by atoms with Crippen LogP contribution in [0.5, 0.6) is 28.7 Å². The van der Waals surface area contributed by atoms with Crippen molar-refractivity contribution in [3.05, 3.63) is 87.1 Å². The molecule has 2 aliphatic rings. The largest absolute Gasteiger partial charge is 0.506 e. The molecule has 1 aliphatic carbocycles. The molecule has 0 spiro atoms. The number of carboxylic acid groups (broad SMARTS) is 4. The quantitative estimate of drug-likeness (QED) is 0.120. The second-order valence-corrected chi connectivity index (χ2v) is 12.7. The van der Waals surface area contributed by atoms with E-state index in [0.29, 0.717) is 22.4 Å². The number of carbonyl (C=O) groups excluding carboxylic acids is 1. The van der Waals surface area contributed by atoms with E-state index in [9.17, 15) is 49.5 Å². The second-order valence-electron chi connectivity index (χ2n) is 11.9. The predicted octanol–water partition coefficient (Wildman–Crippen LogP) is 4.34. The minimum absolute atomic E-state index is 0.00915. The highest BCUT2D eigenvalue weighted by molar-refractivity contribution is 6.43. The summed E-state index contributed by atoms with van der Waals surface area (Å²) >= 11 is 12.6. The average molecular weight is 788 g/mol. The van der Waals surface area contributed by atoms with Crippen LogP contribution in [0.15, 0.2) is 71.0 Å². The highest BCUT2D eigenvalue weighted by atomic mass is 35.5. The minimum Gasteiger partial charge on any atom is -0.506 e. The van der Waals surface area contributed by atoms with Gasteiger partial charge in [-0.25, -0.2) is 0 Å². The maximum absolute atomic E-state index is 12.5. The molecular formula is C36H32Cl2N2O14. The summed E-state index contributed by atoms with van der Waals surface area (Å²) in [5.74, 6) is -5.65. The van der Waals surface area contributed by atoms with Gasteiger partial charge in [-0.05, 0) is 42.0 Å². The van der Waals surface area contributed by atoms with Crippen molar-refractivity contribution >= 4 is 64.2 Å². The summed E-state index contributed by atoms with van der Waals surface area (Å²) in [6, 6.07) is 11.8. The number of carboxylic acids is 4. The van der Waals surface area contributed by atoms with Crippen LogP contribution in [-0.2, 0) is 24.0 Å². The molecule has 1 aliphatic heterocycles. The zero-order chi connectivity index (χ0) is 39.3. The van der Waals surface area contributed by atoms with Crippen LogP contribution < -0.4 is 28.7 Å². The first kappa shape index (κ1) is 39.1. The number of carbonyl (C=O) groups is 5. The molecule has 0 saturated carbocycles. The van der Waals surface area contributed by atoms with Gasteiger partial charge in [0, 0.05) is 29.2 Å². The van der Waals surface area contributed by atoms with Crippen molar-refractivity contribution < 1.29 is 68.5 Å². The number of aromatic hydroxyl groups is 1. The van der Waals surface area contributed by atoms with E-state index in [1.54, 1.807) is 12.1 Å². The SMILES string of the molecule is COc1ccc(N(CC(=O)O)CC(=O)O)c(OCCOc2cc(C3C4=C(CC(=O)C(Cl)=C4)Oc4cc(O)c(Cl)cc43)ccc2N(CC(=O)O)CC(=O)O)c1. The Morgan fingerprint density at radius 2 is 1.33 bits per heavy atom. The van der Waals surface area contributed by atoms with E-state index < -0.39 is 56.0 Å². The molecular weight excluding hydrogens is 755 g/mol. The summed E-state index contributed by atoms with van der Waals surface area (Å²) in [5.41, 5.74) is 1.72. The number of rotatable bonds is 17. The van der Waals surface area contributed by atoms with Crippen molar-refractivity contribution in [2.24, 2.45) is 0 Å². The van der Waals surface area contributed by atoms with Gasteiger partial charge >= 0.3 is 23.9 Å². The van der Waals surface area contributed by atoms with Gasteiger partial charge in [0.2, 0.25) is 0 Å². The average Bonchev–Trinajstić information content (AvgIpc) is 3.09. The van der Waals surface area contributed by atoms with Gasteiger partial charge in [0.1, 0.15) is 73.9 Å². The Morgan fingerprint density at radius 3 is 1.87 bits per heavy atom. The maximum atomic E-state index is 12.5. The highest BCUT2D eigenvalue weighted by Crippen LogP contribution is 2.50. The molecule has 3 aromatic rings. The number of hydrogen-bond acceptors (Lipinski definition) is 12. The highest BCUT2D eigenvalue weighted by Gasteiger charge is 2.36. The van der Waals surface area contributed by atoms with Gasteiger partial charge in [0.05, 0.1) is 35.0 Å². The third-order valence-electron chi connectivity index (χ3n) is 8.19. The lowest BCUT2D eigenvalue weighted by Gasteiger charge is -2.32. The third-order valence-corrected chi connectivity index (χ3v) is 8.82. The molecule has 0 aromatic heterocycles. The van der Waals surface area contributed by atoms with Gasteiger partial charge in [-0.3, -0.25) is 24.0 Å². The van der Waals surface area contributed by atoms with Crippen LogP contribution in [0.3, 0.4) is 0 Å². The first-order valence-electron chi connectivity index (χ1n) is 15.9. The van der Waals surface area contributed by atoms with Gasteiger partial charge < -0.3 is 54.3 Å². The zero-order valence-electron chi connectivity index (χ0n) is 28.3. The van der Waals surface area contributed by atoms with E-state index in [2.05, 4.69) is 0 Å². The van der Waals surface area contributed by atoms with Crippen molar-refractivity contribution in [1.29, 1.82) is 0 Å². The Bertz CT molecular complexity index is 2050. The molecule has 0 saturated heterocycles. The van der Waals surface area contributed by atoms with Crippen molar-refractivity contribution in [2.45, 2.75) is 12.3 Å². The Labute approximate surface area is 316 Å². The monoisotopic (exact) mass is 786 g/mol. The molecule has 0 fully saturated rings. The van der Waals surface area contributed by atoms with Crippen LogP contribution in [0, 0.1) is 0 Å². The lowest BCUT2D eigenvalue weighted by atomic mass is 9.79. The number of halogens is 2. The van der Waals surface area contributed by atoms with E-state index in [1.165, 1.54) is 49.6 Å². The van der Waals surface area contributed by atoms with Crippen molar-refractivity contribution in [1.82, 2.24) is 0 Å². The van der Waals surface area contributed by atoms with E-state index >= 15 is 0 Å². The summed E-state index contributed by atoms with van der Waals surface area (Å²) in [6.45, 7) is -3.19. The molecule has 1 heterocycles. The molecule has 54 heavy (non-hydrogen) atoms. The fraction of sp³-hybridized carbons (Fsp3) is 0.250. The molecule has 0 radical (unpaired) electrons. The summed E-state index contributed by atoms with van der Waals surface area (Å²) in [6.07, 6.45) is 1.29. The van der Waals surface area contributed by atoms with Gasteiger partial charge in [-0.2, -0.15) is 0 Å². The third kappa shape index (κ3) is 9.08. The number of benzene rings is 3. The van der Waals surface area contributed by atoms with Gasteiger partial charge in [-0.15, -0.1) is 0 Å². The number of phenols is 1. The Hall–Kier alpha value is -6.13. The number of hydrogen-bond donors (Lipinski definition) is 5. The molecule has 0 amide bonds. The van der Waals surface area contributed by atoms with Crippen LogP contribution in [0.4, 0.5) is 11.4 Å². The summed E-state index contributed by atoms with van der Waals surface area (Å²) in [4.78, 5) is 61.4. The molecule has 5 rings (SSSR count). The number of ether oxygens (including phenoxy) is 4. The molecule has 18 heteroatoms. The van der Waals surface area contributed by atoms with E-state index in [4.69, 9.17) is 42.1 Å². The Kier molecular flexibility index (Phi) is 12.1. The topological polar surface area (TPSA) is 230 Å². The van der Waals surface area contributed by atoms with Crippen LogP contribution >= 0.6 is 23.2 Å². The number of Topliss-reactive ketones (excluding diaryl/α,β-unsaturated/α-hetero) is 1. The Morgan fingerprint density at radius 1 is 0.796 bits per heavy atom. The van der Waals surface area contributed by atoms with E-state index in [-0.39, 0.29) is 75.6 Å². The molecule has 284 valence electrons. The smallest absolute Gasteiger partial charge is 0.323 e. The number of fused-ring (bicyclic) bond motifs is 1. The standard InChI is InChI=1S/C36H32Cl2N2O14/c1-51-19-3-5-25(40(16-34(47)48)17-35(49)50)31(9-19)53-7-6-52-30-8-18(2-4-24(30)39(14-32(43)44)15-33(45)46)36-20-10-22(37)26(41)12-28(20)54-29-13-27(42)23(38)11-21(29)36/h2-5,8-12,36,41H,6-7,13-17H2,1H3,(H,43,44)(H,45,46)(H,47,48)(H,49,50). The van der Waals surface area contributed by atoms with Gasteiger partial charge in [0.15, 0.2) is 5.78 Å². The van der Waals surface area contributed by atoms with Crippen LogP contribution in [0.25, 0.3) is 0 Å². The summed E-state index contributed by atoms with van der Waals surface area (Å²) in [7, 11) is 1.39. The fourth-order valence-electron chi connectivity index (χ4n) is 5.99. The molecule has 1 atom stereocenters. The number of methoxy groups -OCH3 is 1. The van der Waals surface area contributed by atoms with Crippen molar-refractivity contribution in [3.63, 3.8) is 0 Å². The normalized spacial score (nSPS) is 14.5. The number of nitrogens with zero attached hydrogens (tertiary/aromatic N) is 2. The summed E-state index contributed by atoms with van der Waals surface area (Å²) in [5, 5.41) is 48.4. The second kappa shape index (κ2) is 16.7. The van der Waals surface area contributed by atoms with E-state index in [1.807, 2.05) is 0 Å². The lowest BCUT2D eigenvalue weighted by molar-refractivity contribution is -0.138. The number of allylic oxidation sites excluding steroid dienone is 4. The van der Waals surface area contributed by atoms with Crippen LogP contribution in [0.1, 0.15) is 23.5 Å². The van der Waals surface area contributed by atoms with Crippen LogP contribution in [-0.4, -0.2) is 102 Å². The number of phenolic OH excluding ortho intramolecular Hbond substituents is 1. The minimum atomic E-state index is -1.32. The van der Waals surface area contributed by atoms with Crippen LogP contribution in [0.2, 0.25) is 5.02 Å². The number of anilines is 2. The number of ketones is 1. The zero-order valence-corrected chi connectivity index (χ0v) is 29.8. The maximum Gasteiger partial charge on any atom is 0.323 e. The Balaban J connectivity index is 1.53. The molecule has 1 unspecified atom stereocenters. The van der Waals surface area contributed by atoms with E-state index in [0.717, 1.165) is 9.80 Å². The van der Waals surface area contributed by atoms with Gasteiger partial charge in [0.25, 0.3) is 0 Å². The lowest BCUT2D eigenvalue weighted by Crippen LogP contribution is -2.35. The first-order valence-corrected chi connectivity index (χ1v) is 16.7. The summed E-state index contributed by atoms with van der Waals surface area (Å²) < 4.78 is 23.3. The molecule has 0 bridgehead atoms. The molecule has 5 N–H and O–H groups in total. The molecule has 3 aromatic carbocycles. The van der Waals surface area contributed by atoms with Crippen molar-refractivity contribution in [3.8, 4) is 28.7 Å².